The molecule has 0 saturated heterocycles. The number of rotatable bonds is 34. The van der Waals surface area contributed by atoms with E-state index in [9.17, 15) is 24.9 Å². The van der Waals surface area contributed by atoms with E-state index < -0.39 is 17.7 Å². The fourth-order valence-electron chi connectivity index (χ4n) is 7.21. The Morgan fingerprint density at radius 2 is 0.764 bits per heavy atom. The first-order valence-electron chi connectivity index (χ1n) is 22.4. The number of phenols is 1. The molecule has 7 heteroatoms. The van der Waals surface area contributed by atoms with Gasteiger partial charge in [0.25, 0.3) is 0 Å². The molecule has 0 aliphatic carbocycles. The van der Waals surface area contributed by atoms with Crippen molar-refractivity contribution in [2.45, 2.75) is 219 Å². The van der Waals surface area contributed by atoms with Gasteiger partial charge in [-0.15, -0.1) is 0 Å². The Hall–Kier alpha value is -2.25. The molecule has 308 valence electrons. The van der Waals surface area contributed by atoms with Crippen LogP contribution in [0.2, 0.25) is 0 Å². The molecule has 0 spiro atoms. The second-order valence-corrected chi connectivity index (χ2v) is 15.7. The van der Waals surface area contributed by atoms with Crippen LogP contribution in [0.5, 0.6) is 11.5 Å². The Labute approximate surface area is 352 Å². The SMILES string of the molecule is CCCCCCCCCCCCCCCCCc1ccc(C(=O)O)c(O)c1.CCCCCCCCCCCCCCCCCc1ccc(C(=O)[O-])c([O-])c1.[Mg+2]. The molecule has 55 heavy (non-hydrogen) atoms. The Morgan fingerprint density at radius 1 is 0.473 bits per heavy atom. The van der Waals surface area contributed by atoms with Crippen LogP contribution in [0.4, 0.5) is 0 Å². The van der Waals surface area contributed by atoms with E-state index in [0.29, 0.717) is 0 Å². The van der Waals surface area contributed by atoms with E-state index >= 15 is 0 Å². The average Bonchev–Trinajstić information content (AvgIpc) is 3.15. The molecule has 0 unspecified atom stereocenters. The second-order valence-electron chi connectivity index (χ2n) is 15.7. The van der Waals surface area contributed by atoms with Crippen molar-refractivity contribution in [1.82, 2.24) is 0 Å². The van der Waals surface area contributed by atoms with Crippen LogP contribution in [0.1, 0.15) is 238 Å². The summed E-state index contributed by atoms with van der Waals surface area (Å²) in [6, 6.07) is 9.45. The number of hydrogen-bond donors (Lipinski definition) is 2. The molecule has 0 amide bonds. The zero-order valence-electron chi connectivity index (χ0n) is 35.3. The summed E-state index contributed by atoms with van der Waals surface area (Å²) in [4.78, 5) is 21.6. The number of aryl methyl sites for hydroxylation is 2. The standard InChI is InChI=1S/2C24H40O3.Mg/c2*1-2-3-4-5-6-7-8-9-10-11-12-13-14-15-16-17-21-18-19-22(24(26)27)23(25)20-21;/h2*18-20,25H,2-17H2,1H3,(H,26,27);/q;;+2/p-2. The summed E-state index contributed by atoms with van der Waals surface area (Å²) in [5, 5.41) is 41.0. The second kappa shape index (κ2) is 37.3. The predicted octanol–water partition coefficient (Wildman–Crippen LogP) is 12.7. The number of carboxylic acids is 2. The van der Waals surface area contributed by atoms with E-state index in [1.54, 1.807) is 12.1 Å². The number of aromatic carboxylic acids is 2. The predicted molar refractivity (Wildman–Crippen MR) is 228 cm³/mol. The third-order valence-corrected chi connectivity index (χ3v) is 10.7. The van der Waals surface area contributed by atoms with E-state index in [-0.39, 0.29) is 39.9 Å². The molecule has 2 N–H and O–H groups in total. The number of carbonyl (C=O) groups is 2. The summed E-state index contributed by atoms with van der Waals surface area (Å²) in [7, 11) is 0. The van der Waals surface area contributed by atoms with Crippen molar-refractivity contribution < 1.29 is 30.0 Å². The number of benzene rings is 2. The van der Waals surface area contributed by atoms with E-state index in [2.05, 4.69) is 13.8 Å². The fraction of sp³-hybridized carbons (Fsp3) is 0.708. The Balaban J connectivity index is 0.00000104. The van der Waals surface area contributed by atoms with Gasteiger partial charge in [-0.3, -0.25) is 0 Å². The molecule has 6 nitrogen and oxygen atoms in total. The van der Waals surface area contributed by atoms with Crippen LogP contribution in [0.15, 0.2) is 36.4 Å². The first-order valence-corrected chi connectivity index (χ1v) is 22.4. The summed E-state index contributed by atoms with van der Waals surface area (Å²) in [5.74, 6) is -3.03. The van der Waals surface area contributed by atoms with Gasteiger partial charge in [0.2, 0.25) is 0 Å². The molecule has 0 aliphatic rings. The number of hydrogen-bond acceptors (Lipinski definition) is 5. The summed E-state index contributed by atoms with van der Waals surface area (Å²) >= 11 is 0. The summed E-state index contributed by atoms with van der Waals surface area (Å²) in [5.41, 5.74) is 1.69. The average molecular weight is 775 g/mol. The van der Waals surface area contributed by atoms with Gasteiger partial charge < -0.3 is 25.2 Å². The zero-order valence-corrected chi connectivity index (χ0v) is 36.7. The largest absolute Gasteiger partial charge is 2.00 e. The maximum absolute atomic E-state index is 11.6. The minimum absolute atomic E-state index is 0. The molecule has 0 saturated carbocycles. The Bertz CT molecular complexity index is 1120. The van der Waals surface area contributed by atoms with Gasteiger partial charge in [-0.05, 0) is 54.5 Å². The zero-order chi connectivity index (χ0) is 39.5. The molecule has 0 aliphatic heterocycles. The van der Waals surface area contributed by atoms with E-state index in [1.807, 2.05) is 6.07 Å². The first kappa shape index (κ1) is 52.7. The number of carbonyl (C=O) groups excluding carboxylic acids is 1. The maximum Gasteiger partial charge on any atom is 2.00 e. The van der Waals surface area contributed by atoms with Gasteiger partial charge in [-0.25, -0.2) is 4.79 Å². The Morgan fingerprint density at radius 3 is 1.04 bits per heavy atom. The minimum Gasteiger partial charge on any atom is -0.872 e. The molecular weight excluding hydrogens is 697 g/mol. The van der Waals surface area contributed by atoms with Crippen LogP contribution >= 0.6 is 0 Å². The molecule has 0 radical (unpaired) electrons. The van der Waals surface area contributed by atoms with Crippen molar-refractivity contribution >= 4 is 35.0 Å². The van der Waals surface area contributed by atoms with Gasteiger partial charge in [0.1, 0.15) is 11.3 Å². The van der Waals surface area contributed by atoms with Crippen molar-refractivity contribution in [2.75, 3.05) is 0 Å². The number of carboxylic acid groups (broad SMARTS) is 2. The molecule has 0 heterocycles. The van der Waals surface area contributed by atoms with Crippen LogP contribution in [0, 0.1) is 0 Å². The summed E-state index contributed by atoms with van der Waals surface area (Å²) < 4.78 is 0. The van der Waals surface area contributed by atoms with Crippen molar-refractivity contribution in [2.24, 2.45) is 0 Å². The van der Waals surface area contributed by atoms with Crippen LogP contribution in [0.3, 0.4) is 0 Å². The monoisotopic (exact) mass is 775 g/mol. The summed E-state index contributed by atoms with van der Waals surface area (Å²) in [6.45, 7) is 4.54. The van der Waals surface area contributed by atoms with Crippen LogP contribution in [-0.4, -0.2) is 45.2 Å². The quantitative estimate of drug-likeness (QED) is 0.0539. The van der Waals surface area contributed by atoms with E-state index in [1.165, 1.54) is 198 Å². The van der Waals surface area contributed by atoms with Crippen molar-refractivity contribution in [1.29, 1.82) is 0 Å². The van der Waals surface area contributed by atoms with Gasteiger partial charge in [0, 0.05) is 0 Å². The normalized spacial score (nSPS) is 10.8. The van der Waals surface area contributed by atoms with E-state index in [0.717, 1.165) is 36.8 Å². The topological polar surface area (TPSA) is 121 Å². The molecule has 2 aromatic carbocycles. The smallest absolute Gasteiger partial charge is 0.872 e. The Kier molecular flexibility index (Phi) is 35.8. The van der Waals surface area contributed by atoms with Gasteiger partial charge in [-0.2, -0.15) is 0 Å². The van der Waals surface area contributed by atoms with Gasteiger partial charge >= 0.3 is 29.0 Å². The van der Waals surface area contributed by atoms with Crippen molar-refractivity contribution in [3.8, 4) is 11.5 Å². The number of unbranched alkanes of at least 4 members (excludes halogenated alkanes) is 28. The molecular formula is C48H78MgO6. The third kappa shape index (κ3) is 29.6. The third-order valence-electron chi connectivity index (χ3n) is 10.7. The number of aromatic hydroxyl groups is 1. The van der Waals surface area contributed by atoms with E-state index in [4.69, 9.17) is 5.11 Å². The van der Waals surface area contributed by atoms with Crippen LogP contribution < -0.4 is 10.2 Å². The van der Waals surface area contributed by atoms with Crippen molar-refractivity contribution in [3.63, 3.8) is 0 Å². The van der Waals surface area contributed by atoms with Crippen molar-refractivity contribution in [3.05, 3.63) is 58.7 Å². The fourth-order valence-corrected chi connectivity index (χ4v) is 7.21. The molecule has 0 atom stereocenters. The molecule has 2 rings (SSSR count). The summed E-state index contributed by atoms with van der Waals surface area (Å²) in [6.07, 6.45) is 42.1. The molecule has 0 aromatic heterocycles. The minimum atomic E-state index is -1.39. The van der Waals surface area contributed by atoms with Crippen LogP contribution in [0.25, 0.3) is 0 Å². The molecule has 0 fully saturated rings. The molecule has 2 aromatic rings. The van der Waals surface area contributed by atoms with Gasteiger partial charge in [0.15, 0.2) is 0 Å². The maximum atomic E-state index is 11.6. The first-order chi connectivity index (χ1) is 26.3. The van der Waals surface area contributed by atoms with Gasteiger partial charge in [-0.1, -0.05) is 224 Å². The van der Waals surface area contributed by atoms with Gasteiger partial charge in [0.05, 0.1) is 5.97 Å². The molecule has 0 bridgehead atoms. The van der Waals surface area contributed by atoms with Crippen LogP contribution in [-0.2, 0) is 12.8 Å².